The third-order valence-corrected chi connectivity index (χ3v) is 4.68. The zero-order valence-corrected chi connectivity index (χ0v) is 9.90. The maximum absolute atomic E-state index is 4.57. The van der Waals surface area contributed by atoms with Gasteiger partial charge in [0.1, 0.15) is 0 Å². The summed E-state index contributed by atoms with van der Waals surface area (Å²) in [7, 11) is 0. The fourth-order valence-electron chi connectivity index (χ4n) is 1.76. The molecule has 0 bridgehead atoms. The molecule has 1 saturated heterocycles. The summed E-state index contributed by atoms with van der Waals surface area (Å²) in [6, 6.07) is 8.92. The topological polar surface area (TPSA) is 24.9 Å². The van der Waals surface area contributed by atoms with Crippen molar-refractivity contribution in [2.45, 2.75) is 12.5 Å². The molecule has 0 radical (unpaired) electrons. The van der Waals surface area contributed by atoms with Crippen molar-refractivity contribution in [1.29, 1.82) is 0 Å². The number of hydrogen-bond acceptors (Lipinski definition) is 4. The monoisotopic (exact) mass is 236 g/mol. The van der Waals surface area contributed by atoms with E-state index in [4.69, 9.17) is 0 Å². The SMILES string of the molecule is c1ccc2sc(NC3CCSC3)nc2c1. The highest BCUT2D eigenvalue weighted by atomic mass is 32.2. The van der Waals surface area contributed by atoms with Gasteiger partial charge in [-0.25, -0.2) is 4.98 Å². The Morgan fingerprint density at radius 3 is 3.07 bits per heavy atom. The van der Waals surface area contributed by atoms with Gasteiger partial charge in [0.25, 0.3) is 0 Å². The van der Waals surface area contributed by atoms with Gasteiger partial charge < -0.3 is 5.32 Å². The number of rotatable bonds is 2. The van der Waals surface area contributed by atoms with Crippen molar-refractivity contribution in [3.8, 4) is 0 Å². The van der Waals surface area contributed by atoms with Gasteiger partial charge in [-0.05, 0) is 24.3 Å². The number of para-hydroxylation sites is 1. The van der Waals surface area contributed by atoms with Crippen LogP contribution in [0.1, 0.15) is 6.42 Å². The largest absolute Gasteiger partial charge is 0.358 e. The Hall–Kier alpha value is -0.740. The van der Waals surface area contributed by atoms with E-state index in [1.54, 1.807) is 11.3 Å². The van der Waals surface area contributed by atoms with E-state index >= 15 is 0 Å². The predicted octanol–water partition coefficient (Wildman–Crippen LogP) is 3.21. The molecule has 1 atom stereocenters. The molecule has 4 heteroatoms. The van der Waals surface area contributed by atoms with Crippen molar-refractivity contribution in [1.82, 2.24) is 4.98 Å². The number of hydrogen-bond donors (Lipinski definition) is 1. The number of nitrogens with one attached hydrogen (secondary N) is 1. The van der Waals surface area contributed by atoms with Gasteiger partial charge in [-0.1, -0.05) is 23.5 Å². The van der Waals surface area contributed by atoms with E-state index in [-0.39, 0.29) is 0 Å². The van der Waals surface area contributed by atoms with E-state index in [1.165, 1.54) is 22.6 Å². The summed E-state index contributed by atoms with van der Waals surface area (Å²) >= 11 is 3.78. The minimum absolute atomic E-state index is 0.621. The van der Waals surface area contributed by atoms with Gasteiger partial charge in [0.15, 0.2) is 5.13 Å². The summed E-state index contributed by atoms with van der Waals surface area (Å²) in [6.07, 6.45) is 1.26. The summed E-state index contributed by atoms with van der Waals surface area (Å²) in [4.78, 5) is 4.57. The van der Waals surface area contributed by atoms with Crippen LogP contribution in [0.3, 0.4) is 0 Å². The first-order chi connectivity index (χ1) is 7.42. The van der Waals surface area contributed by atoms with Crippen LogP contribution in [0.15, 0.2) is 24.3 Å². The van der Waals surface area contributed by atoms with Crippen LogP contribution >= 0.6 is 23.1 Å². The number of thiazole rings is 1. The summed E-state index contributed by atoms with van der Waals surface area (Å²) in [5.41, 5.74) is 1.11. The van der Waals surface area contributed by atoms with Crippen LogP contribution < -0.4 is 5.32 Å². The Labute approximate surface area is 97.1 Å². The molecule has 1 unspecified atom stereocenters. The van der Waals surface area contributed by atoms with E-state index < -0.39 is 0 Å². The molecule has 3 rings (SSSR count). The molecule has 15 heavy (non-hydrogen) atoms. The molecule has 1 fully saturated rings. The lowest BCUT2D eigenvalue weighted by Gasteiger charge is -2.08. The summed E-state index contributed by atoms with van der Waals surface area (Å²) < 4.78 is 1.27. The normalized spacial score (nSPS) is 20.9. The molecule has 2 nitrogen and oxygen atoms in total. The van der Waals surface area contributed by atoms with Crippen LogP contribution in [0, 0.1) is 0 Å². The third kappa shape index (κ3) is 1.96. The Morgan fingerprint density at radius 1 is 1.33 bits per heavy atom. The third-order valence-electron chi connectivity index (χ3n) is 2.55. The van der Waals surface area contributed by atoms with Crippen LogP contribution in [0.2, 0.25) is 0 Å². The molecule has 1 aliphatic heterocycles. The lowest BCUT2D eigenvalue weighted by molar-refractivity contribution is 0.812. The predicted molar refractivity (Wildman–Crippen MR) is 69.0 cm³/mol. The molecule has 2 heterocycles. The summed E-state index contributed by atoms with van der Waals surface area (Å²) in [6.45, 7) is 0. The zero-order valence-electron chi connectivity index (χ0n) is 8.27. The number of aromatic nitrogens is 1. The molecule has 0 aliphatic carbocycles. The van der Waals surface area contributed by atoms with Gasteiger partial charge in [-0.2, -0.15) is 11.8 Å². The van der Waals surface area contributed by atoms with E-state index in [0.717, 1.165) is 10.6 Å². The summed E-state index contributed by atoms with van der Waals surface area (Å²) in [5.74, 6) is 2.50. The molecule has 2 aromatic rings. The van der Waals surface area contributed by atoms with Crippen LogP contribution in [0.5, 0.6) is 0 Å². The van der Waals surface area contributed by atoms with Crippen molar-refractivity contribution in [2.24, 2.45) is 0 Å². The molecule has 0 saturated carbocycles. The number of benzene rings is 1. The fraction of sp³-hybridized carbons (Fsp3) is 0.364. The van der Waals surface area contributed by atoms with Gasteiger partial charge in [0.05, 0.1) is 10.2 Å². The minimum atomic E-state index is 0.621. The second kappa shape index (κ2) is 4.02. The highest BCUT2D eigenvalue weighted by Crippen LogP contribution is 2.28. The van der Waals surface area contributed by atoms with Gasteiger partial charge in [0, 0.05) is 11.8 Å². The van der Waals surface area contributed by atoms with Crippen molar-refractivity contribution in [2.75, 3.05) is 16.8 Å². The standard InChI is InChI=1S/C11H12N2S2/c1-2-4-10-9(3-1)13-11(15-10)12-8-5-6-14-7-8/h1-4,8H,5-7H2,(H,12,13). The van der Waals surface area contributed by atoms with Crippen LogP contribution in [-0.2, 0) is 0 Å². The van der Waals surface area contributed by atoms with Crippen molar-refractivity contribution >= 4 is 38.4 Å². The highest BCUT2D eigenvalue weighted by molar-refractivity contribution is 7.99. The van der Waals surface area contributed by atoms with Gasteiger partial charge in [0.2, 0.25) is 0 Å². The Balaban J connectivity index is 1.84. The molecule has 0 amide bonds. The second-order valence-electron chi connectivity index (χ2n) is 3.69. The number of fused-ring (bicyclic) bond motifs is 1. The van der Waals surface area contributed by atoms with Gasteiger partial charge in [-0.3, -0.25) is 0 Å². The molecule has 1 aromatic heterocycles. The van der Waals surface area contributed by atoms with Crippen molar-refractivity contribution in [3.63, 3.8) is 0 Å². The molecule has 0 spiro atoms. The number of nitrogens with zero attached hydrogens (tertiary/aromatic N) is 1. The van der Waals surface area contributed by atoms with E-state index in [1.807, 2.05) is 17.8 Å². The van der Waals surface area contributed by atoms with Crippen LogP contribution in [0.4, 0.5) is 5.13 Å². The van der Waals surface area contributed by atoms with E-state index in [9.17, 15) is 0 Å². The highest BCUT2D eigenvalue weighted by Gasteiger charge is 2.16. The zero-order chi connectivity index (χ0) is 10.1. The molecular formula is C11H12N2S2. The average molecular weight is 236 g/mol. The number of anilines is 1. The van der Waals surface area contributed by atoms with Crippen LogP contribution in [0.25, 0.3) is 10.2 Å². The maximum atomic E-state index is 4.57. The molecule has 1 aliphatic rings. The maximum Gasteiger partial charge on any atom is 0.184 e. The van der Waals surface area contributed by atoms with E-state index in [2.05, 4.69) is 28.5 Å². The van der Waals surface area contributed by atoms with Crippen molar-refractivity contribution in [3.05, 3.63) is 24.3 Å². The van der Waals surface area contributed by atoms with Crippen LogP contribution in [-0.4, -0.2) is 22.5 Å². The quantitative estimate of drug-likeness (QED) is 0.866. The Morgan fingerprint density at radius 2 is 2.27 bits per heavy atom. The van der Waals surface area contributed by atoms with Gasteiger partial charge >= 0.3 is 0 Å². The number of thioether (sulfide) groups is 1. The van der Waals surface area contributed by atoms with Gasteiger partial charge in [-0.15, -0.1) is 0 Å². The Kier molecular flexibility index (Phi) is 2.54. The first kappa shape index (κ1) is 9.48. The van der Waals surface area contributed by atoms with E-state index in [0.29, 0.717) is 6.04 Å². The molecule has 1 aromatic carbocycles. The molecule has 78 valence electrons. The molecular weight excluding hydrogens is 224 g/mol. The molecule has 1 N–H and O–H groups in total. The minimum Gasteiger partial charge on any atom is -0.358 e. The lowest BCUT2D eigenvalue weighted by atomic mass is 10.3. The lowest BCUT2D eigenvalue weighted by Crippen LogP contribution is -2.17. The van der Waals surface area contributed by atoms with Crippen molar-refractivity contribution < 1.29 is 0 Å². The second-order valence-corrected chi connectivity index (χ2v) is 5.87. The first-order valence-electron chi connectivity index (χ1n) is 5.12. The smallest absolute Gasteiger partial charge is 0.184 e. The average Bonchev–Trinajstić information content (AvgIpc) is 2.86. The Bertz CT molecular complexity index is 427. The first-order valence-corrected chi connectivity index (χ1v) is 7.09. The summed E-state index contributed by atoms with van der Waals surface area (Å²) in [5, 5.41) is 4.59. The fourth-order valence-corrected chi connectivity index (χ4v) is 3.85.